The lowest BCUT2D eigenvalue weighted by Gasteiger charge is -2.24. The molecule has 0 bridgehead atoms. The summed E-state index contributed by atoms with van der Waals surface area (Å²) in [4.78, 5) is 12.6. The Hall–Kier alpha value is -1.09. The molecule has 1 N–H and O–H groups in total. The fraction of sp³-hybridized carbons (Fsp3) is 0.688. The van der Waals surface area contributed by atoms with Crippen LogP contribution in [-0.2, 0) is 18.5 Å². The van der Waals surface area contributed by atoms with Gasteiger partial charge in [-0.2, -0.15) is 0 Å². The molecule has 1 aliphatic rings. The van der Waals surface area contributed by atoms with Crippen LogP contribution in [0.5, 0.6) is 0 Å². The predicted molar refractivity (Wildman–Crippen MR) is 79.6 cm³/mol. The first-order valence-electron chi connectivity index (χ1n) is 7.40. The van der Waals surface area contributed by atoms with Gasteiger partial charge in [-0.05, 0) is 25.3 Å². The lowest BCUT2D eigenvalue weighted by molar-refractivity contribution is 0.493. The molecular weight excluding hydrogens is 236 g/mol. The van der Waals surface area contributed by atoms with Crippen molar-refractivity contribution in [2.75, 3.05) is 0 Å². The molecule has 2 rings (SSSR count). The maximum Gasteiger partial charge on any atom is 0.255 e. The Kier molecular flexibility index (Phi) is 4.14. The highest BCUT2D eigenvalue weighted by Crippen LogP contribution is 2.22. The summed E-state index contributed by atoms with van der Waals surface area (Å²) in [5, 5.41) is 3.43. The number of nitrogens with one attached hydrogen (secondary N) is 1. The number of nitrogens with zero attached hydrogens (tertiary/aromatic N) is 1. The second-order valence-electron chi connectivity index (χ2n) is 6.61. The van der Waals surface area contributed by atoms with Crippen LogP contribution in [0.3, 0.4) is 0 Å². The largest absolute Gasteiger partial charge is 0.312 e. The van der Waals surface area contributed by atoms with Gasteiger partial charge in [-0.15, -0.1) is 0 Å². The molecule has 1 saturated carbocycles. The zero-order valence-corrected chi connectivity index (χ0v) is 12.6. The maximum atomic E-state index is 12.6. The van der Waals surface area contributed by atoms with Gasteiger partial charge in [0.15, 0.2) is 0 Å². The van der Waals surface area contributed by atoms with Gasteiger partial charge in [0.1, 0.15) is 0 Å². The molecule has 0 aromatic carbocycles. The van der Waals surface area contributed by atoms with Crippen LogP contribution in [0, 0.1) is 0 Å². The first-order valence-corrected chi connectivity index (χ1v) is 7.40. The minimum atomic E-state index is 0.0107. The molecule has 1 fully saturated rings. The molecule has 0 aliphatic heterocycles. The summed E-state index contributed by atoms with van der Waals surface area (Å²) in [5.74, 6) is 0. The SMILES string of the molecule is CCCn1c(C(C)(C)C)ccc(CNC2CC2)c1=O. The Morgan fingerprint density at radius 2 is 2.00 bits per heavy atom. The third kappa shape index (κ3) is 3.47. The van der Waals surface area contributed by atoms with E-state index in [1.165, 1.54) is 12.8 Å². The van der Waals surface area contributed by atoms with E-state index >= 15 is 0 Å². The van der Waals surface area contributed by atoms with Crippen molar-refractivity contribution in [2.45, 2.75) is 71.5 Å². The molecule has 3 nitrogen and oxygen atoms in total. The van der Waals surface area contributed by atoms with E-state index < -0.39 is 0 Å². The maximum absolute atomic E-state index is 12.6. The lowest BCUT2D eigenvalue weighted by Crippen LogP contribution is -2.33. The van der Waals surface area contributed by atoms with Crippen molar-refractivity contribution in [3.05, 3.63) is 33.7 Å². The molecule has 0 radical (unpaired) electrons. The highest BCUT2D eigenvalue weighted by molar-refractivity contribution is 5.21. The van der Waals surface area contributed by atoms with Crippen LogP contribution >= 0.6 is 0 Å². The molecule has 106 valence electrons. The zero-order valence-electron chi connectivity index (χ0n) is 12.6. The summed E-state index contributed by atoms with van der Waals surface area (Å²) in [6.07, 6.45) is 3.49. The van der Waals surface area contributed by atoms with Gasteiger partial charge in [0.05, 0.1) is 0 Å². The first-order chi connectivity index (χ1) is 8.93. The van der Waals surface area contributed by atoms with Gasteiger partial charge in [0, 0.05) is 35.8 Å². The summed E-state index contributed by atoms with van der Waals surface area (Å²) in [5.41, 5.74) is 2.22. The number of rotatable bonds is 5. The van der Waals surface area contributed by atoms with E-state index in [2.05, 4.69) is 39.1 Å². The Labute approximate surface area is 116 Å². The van der Waals surface area contributed by atoms with Crippen molar-refractivity contribution >= 4 is 0 Å². The fourth-order valence-corrected chi connectivity index (χ4v) is 2.40. The number of hydrogen-bond donors (Lipinski definition) is 1. The molecule has 3 heteroatoms. The summed E-state index contributed by atoms with van der Waals surface area (Å²) >= 11 is 0. The molecule has 19 heavy (non-hydrogen) atoms. The summed E-state index contributed by atoms with van der Waals surface area (Å²) in [7, 11) is 0. The van der Waals surface area contributed by atoms with E-state index in [1.807, 2.05) is 10.6 Å². The molecule has 1 aromatic heterocycles. The molecule has 0 atom stereocenters. The van der Waals surface area contributed by atoms with Gasteiger partial charge in [0.2, 0.25) is 0 Å². The van der Waals surface area contributed by atoms with Crippen molar-refractivity contribution in [1.29, 1.82) is 0 Å². The van der Waals surface area contributed by atoms with E-state index in [4.69, 9.17) is 0 Å². The summed E-state index contributed by atoms with van der Waals surface area (Å²) < 4.78 is 1.96. The van der Waals surface area contributed by atoms with E-state index in [-0.39, 0.29) is 11.0 Å². The Morgan fingerprint density at radius 3 is 2.53 bits per heavy atom. The standard InChI is InChI=1S/C16H26N2O/c1-5-10-18-14(16(2,3)4)9-6-12(15(18)19)11-17-13-7-8-13/h6,9,13,17H,5,7-8,10-11H2,1-4H3. The van der Waals surface area contributed by atoms with Crippen LogP contribution in [0.1, 0.15) is 58.2 Å². The van der Waals surface area contributed by atoms with Crippen molar-refractivity contribution in [2.24, 2.45) is 0 Å². The molecule has 1 aliphatic carbocycles. The fourth-order valence-electron chi connectivity index (χ4n) is 2.40. The molecule has 1 heterocycles. The van der Waals surface area contributed by atoms with Crippen LogP contribution in [0.2, 0.25) is 0 Å². The van der Waals surface area contributed by atoms with E-state index in [0.29, 0.717) is 12.6 Å². The van der Waals surface area contributed by atoms with Crippen LogP contribution in [0.4, 0.5) is 0 Å². The van der Waals surface area contributed by atoms with Crippen molar-refractivity contribution in [3.63, 3.8) is 0 Å². The zero-order chi connectivity index (χ0) is 14.0. The Bertz CT molecular complexity index is 492. The third-order valence-electron chi connectivity index (χ3n) is 3.63. The van der Waals surface area contributed by atoms with Gasteiger partial charge < -0.3 is 9.88 Å². The van der Waals surface area contributed by atoms with Crippen LogP contribution in [0.25, 0.3) is 0 Å². The molecule has 0 unspecified atom stereocenters. The smallest absolute Gasteiger partial charge is 0.255 e. The molecule has 1 aromatic rings. The monoisotopic (exact) mass is 262 g/mol. The van der Waals surface area contributed by atoms with Crippen molar-refractivity contribution < 1.29 is 0 Å². The second kappa shape index (κ2) is 5.49. The molecular formula is C16H26N2O. The Balaban J connectivity index is 2.31. The lowest BCUT2D eigenvalue weighted by atomic mass is 9.90. The highest BCUT2D eigenvalue weighted by Gasteiger charge is 2.22. The van der Waals surface area contributed by atoms with Gasteiger partial charge in [-0.25, -0.2) is 0 Å². The molecule has 0 spiro atoms. The molecule has 0 saturated heterocycles. The third-order valence-corrected chi connectivity index (χ3v) is 3.63. The quantitative estimate of drug-likeness (QED) is 0.885. The average molecular weight is 262 g/mol. The second-order valence-corrected chi connectivity index (χ2v) is 6.61. The average Bonchev–Trinajstić information content (AvgIpc) is 3.12. The van der Waals surface area contributed by atoms with E-state index in [0.717, 1.165) is 24.2 Å². The van der Waals surface area contributed by atoms with Crippen molar-refractivity contribution in [3.8, 4) is 0 Å². The first kappa shape index (κ1) is 14.3. The summed E-state index contributed by atoms with van der Waals surface area (Å²) in [6.45, 7) is 10.1. The normalized spacial score (nSPS) is 15.8. The summed E-state index contributed by atoms with van der Waals surface area (Å²) in [6, 6.07) is 4.77. The number of aromatic nitrogens is 1. The van der Waals surface area contributed by atoms with Gasteiger partial charge in [0.25, 0.3) is 5.56 Å². The van der Waals surface area contributed by atoms with Gasteiger partial charge in [-0.3, -0.25) is 4.79 Å². The minimum Gasteiger partial charge on any atom is -0.312 e. The van der Waals surface area contributed by atoms with E-state index in [9.17, 15) is 4.79 Å². The van der Waals surface area contributed by atoms with E-state index in [1.54, 1.807) is 0 Å². The van der Waals surface area contributed by atoms with Gasteiger partial charge in [-0.1, -0.05) is 33.8 Å². The van der Waals surface area contributed by atoms with Crippen molar-refractivity contribution in [1.82, 2.24) is 9.88 Å². The van der Waals surface area contributed by atoms with Crippen LogP contribution < -0.4 is 10.9 Å². The van der Waals surface area contributed by atoms with Crippen LogP contribution in [-0.4, -0.2) is 10.6 Å². The van der Waals surface area contributed by atoms with Gasteiger partial charge >= 0.3 is 0 Å². The molecule has 0 amide bonds. The topological polar surface area (TPSA) is 34.0 Å². The van der Waals surface area contributed by atoms with Crippen LogP contribution in [0.15, 0.2) is 16.9 Å². The highest BCUT2D eigenvalue weighted by atomic mass is 16.1. The number of pyridine rings is 1. The number of hydrogen-bond acceptors (Lipinski definition) is 2. The Morgan fingerprint density at radius 1 is 1.32 bits per heavy atom. The predicted octanol–water partition coefficient (Wildman–Crippen LogP) is 2.81. The minimum absolute atomic E-state index is 0.0107.